The Morgan fingerprint density at radius 1 is 1.29 bits per heavy atom. The molecule has 2 atom stereocenters. The van der Waals surface area contributed by atoms with Crippen LogP contribution in [0.4, 0.5) is 0 Å². The van der Waals surface area contributed by atoms with E-state index in [1.54, 1.807) is 0 Å². The highest BCUT2D eigenvalue weighted by atomic mass is 15.2. The van der Waals surface area contributed by atoms with Crippen molar-refractivity contribution in [2.75, 3.05) is 39.3 Å². The molecule has 2 N–H and O–H groups in total. The highest BCUT2D eigenvalue weighted by Gasteiger charge is 2.25. The second-order valence-electron chi connectivity index (χ2n) is 4.43. The zero-order valence-electron chi connectivity index (χ0n) is 9.87. The smallest absolute Gasteiger partial charge is 0.0206 e. The second-order valence-corrected chi connectivity index (χ2v) is 4.43. The van der Waals surface area contributed by atoms with Crippen molar-refractivity contribution in [1.82, 2.24) is 9.80 Å². The molecule has 0 radical (unpaired) electrons. The molecule has 0 aromatic rings. The van der Waals surface area contributed by atoms with Crippen molar-refractivity contribution >= 4 is 0 Å². The van der Waals surface area contributed by atoms with E-state index >= 15 is 0 Å². The molecule has 0 aromatic heterocycles. The average molecular weight is 199 g/mol. The molecular formula is C11H25N3. The van der Waals surface area contributed by atoms with Gasteiger partial charge in [0.25, 0.3) is 0 Å². The number of hydrogen-bond donors (Lipinski definition) is 1. The summed E-state index contributed by atoms with van der Waals surface area (Å²) in [5, 5.41) is 0. The van der Waals surface area contributed by atoms with E-state index in [0.717, 1.165) is 19.6 Å². The van der Waals surface area contributed by atoms with Crippen molar-refractivity contribution in [3.8, 4) is 0 Å². The second kappa shape index (κ2) is 5.69. The lowest BCUT2D eigenvalue weighted by Crippen LogP contribution is -2.35. The zero-order chi connectivity index (χ0) is 10.6. The quantitative estimate of drug-likeness (QED) is 0.704. The van der Waals surface area contributed by atoms with Gasteiger partial charge in [0.1, 0.15) is 0 Å². The van der Waals surface area contributed by atoms with E-state index in [4.69, 9.17) is 5.73 Å². The summed E-state index contributed by atoms with van der Waals surface area (Å²) in [5.41, 5.74) is 5.98. The molecule has 0 aromatic carbocycles. The van der Waals surface area contributed by atoms with Crippen molar-refractivity contribution in [3.63, 3.8) is 0 Å². The minimum atomic E-state index is 0.395. The molecule has 1 aliphatic rings. The van der Waals surface area contributed by atoms with Crippen LogP contribution in [-0.4, -0.2) is 55.1 Å². The highest BCUT2D eigenvalue weighted by molar-refractivity contribution is 4.84. The van der Waals surface area contributed by atoms with Crippen LogP contribution in [0, 0.1) is 5.92 Å². The molecule has 1 rings (SSSR count). The Hall–Kier alpha value is -0.120. The van der Waals surface area contributed by atoms with Crippen molar-refractivity contribution in [1.29, 1.82) is 0 Å². The molecule has 2 unspecified atom stereocenters. The highest BCUT2D eigenvalue weighted by Crippen LogP contribution is 2.13. The number of nitrogens with zero attached hydrogens (tertiary/aromatic N) is 2. The topological polar surface area (TPSA) is 32.5 Å². The molecule has 1 fully saturated rings. The maximum absolute atomic E-state index is 5.98. The molecular weight excluding hydrogens is 174 g/mol. The number of rotatable bonds is 5. The third-order valence-electron chi connectivity index (χ3n) is 3.37. The molecule has 3 heteroatoms. The van der Waals surface area contributed by atoms with Crippen LogP contribution in [0.2, 0.25) is 0 Å². The summed E-state index contributed by atoms with van der Waals surface area (Å²) < 4.78 is 0. The van der Waals surface area contributed by atoms with Gasteiger partial charge in [-0.15, -0.1) is 0 Å². The lowest BCUT2D eigenvalue weighted by atomic mass is 10.1. The predicted octanol–water partition coefficient (Wildman–Crippen LogP) is 0.607. The lowest BCUT2D eigenvalue weighted by Gasteiger charge is -2.22. The summed E-state index contributed by atoms with van der Waals surface area (Å²) in [4.78, 5) is 4.96. The number of nitrogens with two attached hydrogens (primary N) is 1. The van der Waals surface area contributed by atoms with Crippen molar-refractivity contribution in [2.45, 2.75) is 26.8 Å². The summed E-state index contributed by atoms with van der Waals surface area (Å²) in [6, 6.07) is 0.395. The normalized spacial score (nSPS) is 28.9. The number of likely N-dealkylation sites (tertiary alicyclic amines) is 1. The summed E-state index contributed by atoms with van der Waals surface area (Å²) in [6.07, 6.45) is 0. The van der Waals surface area contributed by atoms with E-state index < -0.39 is 0 Å². The molecule has 1 heterocycles. The van der Waals surface area contributed by atoms with Crippen LogP contribution in [0.5, 0.6) is 0 Å². The average Bonchev–Trinajstić information content (AvgIpc) is 2.48. The zero-order valence-corrected chi connectivity index (χ0v) is 9.87. The Morgan fingerprint density at radius 2 is 1.93 bits per heavy atom. The number of hydrogen-bond acceptors (Lipinski definition) is 3. The van der Waals surface area contributed by atoms with Gasteiger partial charge in [0.05, 0.1) is 0 Å². The minimum Gasteiger partial charge on any atom is -0.326 e. The van der Waals surface area contributed by atoms with Crippen LogP contribution in [0.25, 0.3) is 0 Å². The van der Waals surface area contributed by atoms with Gasteiger partial charge in [0.2, 0.25) is 0 Å². The van der Waals surface area contributed by atoms with Crippen LogP contribution >= 0.6 is 0 Å². The van der Waals surface area contributed by atoms with Crippen LogP contribution in [0.3, 0.4) is 0 Å². The van der Waals surface area contributed by atoms with Crippen LogP contribution in [-0.2, 0) is 0 Å². The van der Waals surface area contributed by atoms with Crippen LogP contribution in [0.1, 0.15) is 20.8 Å². The fourth-order valence-electron chi connectivity index (χ4n) is 2.10. The predicted molar refractivity (Wildman–Crippen MR) is 61.4 cm³/mol. The standard InChI is InChI=1S/C11H25N3/c1-4-13(5-2)6-7-14-8-10(3)11(12)9-14/h10-11H,4-9,12H2,1-3H3. The monoisotopic (exact) mass is 199 g/mol. The molecule has 0 bridgehead atoms. The van der Waals surface area contributed by atoms with Gasteiger partial charge in [0, 0.05) is 32.2 Å². The van der Waals surface area contributed by atoms with Gasteiger partial charge >= 0.3 is 0 Å². The summed E-state index contributed by atoms with van der Waals surface area (Å²) in [6.45, 7) is 13.7. The number of likely N-dealkylation sites (N-methyl/N-ethyl adjacent to an activating group) is 1. The van der Waals surface area contributed by atoms with Crippen molar-refractivity contribution < 1.29 is 0 Å². The Labute approximate surface area is 88.2 Å². The third kappa shape index (κ3) is 3.23. The van der Waals surface area contributed by atoms with Gasteiger partial charge in [-0.1, -0.05) is 20.8 Å². The van der Waals surface area contributed by atoms with Gasteiger partial charge in [-0.2, -0.15) is 0 Å². The molecule has 1 aliphatic heterocycles. The maximum atomic E-state index is 5.98. The van der Waals surface area contributed by atoms with Gasteiger partial charge < -0.3 is 15.5 Å². The lowest BCUT2D eigenvalue weighted by molar-refractivity contribution is 0.237. The minimum absolute atomic E-state index is 0.395. The van der Waals surface area contributed by atoms with Crippen molar-refractivity contribution in [3.05, 3.63) is 0 Å². The fraction of sp³-hybridized carbons (Fsp3) is 1.00. The summed E-state index contributed by atoms with van der Waals surface area (Å²) >= 11 is 0. The molecule has 3 nitrogen and oxygen atoms in total. The van der Waals surface area contributed by atoms with Gasteiger partial charge in [0.15, 0.2) is 0 Å². The molecule has 0 aliphatic carbocycles. The molecule has 0 spiro atoms. The molecule has 1 saturated heterocycles. The molecule has 0 saturated carbocycles. The molecule has 84 valence electrons. The Morgan fingerprint density at radius 3 is 2.36 bits per heavy atom. The van der Waals surface area contributed by atoms with Crippen molar-refractivity contribution in [2.24, 2.45) is 11.7 Å². The SMILES string of the molecule is CCN(CC)CCN1CC(C)C(N)C1. The van der Waals surface area contributed by atoms with E-state index in [2.05, 4.69) is 30.6 Å². The Balaban J connectivity index is 2.19. The maximum Gasteiger partial charge on any atom is 0.0206 e. The first-order chi connectivity index (χ1) is 6.67. The Kier molecular flexibility index (Phi) is 4.85. The fourth-order valence-corrected chi connectivity index (χ4v) is 2.10. The van der Waals surface area contributed by atoms with Crippen LogP contribution < -0.4 is 5.73 Å². The van der Waals surface area contributed by atoms with E-state index in [1.807, 2.05) is 0 Å². The summed E-state index contributed by atoms with van der Waals surface area (Å²) in [5.74, 6) is 0.673. The van der Waals surface area contributed by atoms with E-state index in [-0.39, 0.29) is 0 Å². The van der Waals surface area contributed by atoms with Crippen LogP contribution in [0.15, 0.2) is 0 Å². The van der Waals surface area contributed by atoms with Gasteiger partial charge in [-0.25, -0.2) is 0 Å². The first kappa shape index (κ1) is 12.0. The van der Waals surface area contributed by atoms with E-state index in [0.29, 0.717) is 12.0 Å². The first-order valence-electron chi connectivity index (χ1n) is 5.87. The Bertz CT molecular complexity index is 147. The van der Waals surface area contributed by atoms with E-state index in [1.165, 1.54) is 19.6 Å². The summed E-state index contributed by atoms with van der Waals surface area (Å²) in [7, 11) is 0. The largest absolute Gasteiger partial charge is 0.326 e. The van der Waals surface area contributed by atoms with Gasteiger partial charge in [-0.05, 0) is 19.0 Å². The molecule has 14 heavy (non-hydrogen) atoms. The first-order valence-corrected chi connectivity index (χ1v) is 5.87. The third-order valence-corrected chi connectivity index (χ3v) is 3.37. The van der Waals surface area contributed by atoms with E-state index in [9.17, 15) is 0 Å². The molecule has 0 amide bonds. The van der Waals surface area contributed by atoms with Gasteiger partial charge in [-0.3, -0.25) is 0 Å².